The molecule has 0 unspecified atom stereocenters. The second-order valence-corrected chi connectivity index (χ2v) is 4.12. The van der Waals surface area contributed by atoms with Crippen molar-refractivity contribution in [2.24, 2.45) is 0 Å². The van der Waals surface area contributed by atoms with Crippen LogP contribution in [0, 0.1) is 5.82 Å². The number of benzene rings is 1. The molecule has 0 spiro atoms. The number of carbonyl (C=O) groups is 1. The second kappa shape index (κ2) is 4.71. The molecule has 2 rings (SSSR count). The maximum atomic E-state index is 13.7. The van der Waals surface area contributed by atoms with Crippen LogP contribution in [0.5, 0.6) is 0 Å². The quantitative estimate of drug-likeness (QED) is 0.802. The van der Waals surface area contributed by atoms with Gasteiger partial charge < -0.3 is 15.3 Å². The van der Waals surface area contributed by atoms with Gasteiger partial charge in [0.15, 0.2) is 0 Å². The minimum absolute atomic E-state index is 0.0861. The fraction of sp³-hybridized carbons (Fsp3) is 0.417. The van der Waals surface area contributed by atoms with Crippen molar-refractivity contribution in [2.75, 3.05) is 24.5 Å². The van der Waals surface area contributed by atoms with E-state index in [4.69, 9.17) is 0 Å². The van der Waals surface area contributed by atoms with E-state index in [9.17, 15) is 14.3 Å². The zero-order valence-corrected chi connectivity index (χ0v) is 9.61. The first kappa shape index (κ1) is 11.9. The molecule has 0 aromatic heterocycles. The summed E-state index contributed by atoms with van der Waals surface area (Å²) in [5.41, 5.74) is 0.844. The number of rotatable bonds is 2. The van der Waals surface area contributed by atoms with Crippen LogP contribution in [0.4, 0.5) is 10.1 Å². The summed E-state index contributed by atoms with van der Waals surface area (Å²) >= 11 is 0. The van der Waals surface area contributed by atoms with Crippen molar-refractivity contribution >= 4 is 11.6 Å². The van der Waals surface area contributed by atoms with E-state index < -0.39 is 11.9 Å². The lowest BCUT2D eigenvalue weighted by Gasteiger charge is -2.31. The molecular weight excluding hydrogens is 223 g/mol. The predicted molar refractivity (Wildman–Crippen MR) is 62.3 cm³/mol. The lowest BCUT2D eigenvalue weighted by atomic mass is 10.1. The SMILES string of the molecule is C[C@H](O)c1c(F)cccc1N1CCNC(=O)C1. The summed E-state index contributed by atoms with van der Waals surface area (Å²) in [6, 6.07) is 4.63. The van der Waals surface area contributed by atoms with Gasteiger partial charge in [0.2, 0.25) is 5.91 Å². The average Bonchev–Trinajstić information content (AvgIpc) is 2.28. The van der Waals surface area contributed by atoms with Crippen LogP contribution in [-0.4, -0.2) is 30.6 Å². The number of aliphatic hydroxyl groups is 1. The summed E-state index contributed by atoms with van der Waals surface area (Å²) < 4.78 is 13.7. The van der Waals surface area contributed by atoms with Gasteiger partial charge >= 0.3 is 0 Å². The van der Waals surface area contributed by atoms with Gasteiger partial charge in [-0.1, -0.05) is 6.07 Å². The number of piperazine rings is 1. The third kappa shape index (κ3) is 2.39. The number of hydrogen-bond donors (Lipinski definition) is 2. The third-order valence-electron chi connectivity index (χ3n) is 2.83. The summed E-state index contributed by atoms with van der Waals surface area (Å²) in [5, 5.41) is 12.3. The molecular formula is C12H15FN2O2. The zero-order chi connectivity index (χ0) is 12.4. The number of hydrogen-bond acceptors (Lipinski definition) is 3. The van der Waals surface area contributed by atoms with E-state index in [1.54, 1.807) is 17.0 Å². The van der Waals surface area contributed by atoms with Gasteiger partial charge in [-0.15, -0.1) is 0 Å². The van der Waals surface area contributed by atoms with Gasteiger partial charge in [0.25, 0.3) is 0 Å². The number of amides is 1. The van der Waals surface area contributed by atoms with Crippen molar-refractivity contribution in [3.63, 3.8) is 0 Å². The number of anilines is 1. The van der Waals surface area contributed by atoms with Crippen LogP contribution in [0.3, 0.4) is 0 Å². The van der Waals surface area contributed by atoms with Crippen molar-refractivity contribution in [3.8, 4) is 0 Å². The molecule has 0 saturated carbocycles. The number of aliphatic hydroxyl groups excluding tert-OH is 1. The van der Waals surface area contributed by atoms with Gasteiger partial charge in [-0.2, -0.15) is 0 Å². The molecule has 1 aromatic carbocycles. The first-order valence-corrected chi connectivity index (χ1v) is 5.57. The molecule has 1 saturated heterocycles. The number of nitrogens with one attached hydrogen (secondary N) is 1. The van der Waals surface area contributed by atoms with E-state index in [1.807, 2.05) is 0 Å². The largest absolute Gasteiger partial charge is 0.389 e. The standard InChI is InChI=1S/C12H15FN2O2/c1-8(16)12-9(13)3-2-4-10(12)15-6-5-14-11(17)7-15/h2-4,8,16H,5-7H2,1H3,(H,14,17)/t8-/m0/s1. The summed E-state index contributed by atoms with van der Waals surface area (Å²) in [6.07, 6.45) is -0.892. The highest BCUT2D eigenvalue weighted by molar-refractivity contribution is 5.83. The molecule has 1 atom stereocenters. The van der Waals surface area contributed by atoms with Crippen molar-refractivity contribution < 1.29 is 14.3 Å². The Kier molecular flexibility index (Phi) is 3.28. The Morgan fingerprint density at radius 2 is 2.29 bits per heavy atom. The molecule has 0 bridgehead atoms. The van der Waals surface area contributed by atoms with Gasteiger partial charge in [-0.05, 0) is 19.1 Å². The highest BCUT2D eigenvalue weighted by Crippen LogP contribution is 2.29. The molecule has 2 N–H and O–H groups in total. The first-order valence-electron chi connectivity index (χ1n) is 5.57. The van der Waals surface area contributed by atoms with E-state index >= 15 is 0 Å². The summed E-state index contributed by atoms with van der Waals surface area (Å²) in [4.78, 5) is 13.1. The molecule has 0 aliphatic carbocycles. The molecule has 1 aliphatic rings. The van der Waals surface area contributed by atoms with Gasteiger partial charge in [0.05, 0.1) is 12.6 Å². The van der Waals surface area contributed by atoms with Crippen LogP contribution in [0.15, 0.2) is 18.2 Å². The Labute approximate surface area is 99.0 Å². The van der Waals surface area contributed by atoms with Crippen molar-refractivity contribution in [1.29, 1.82) is 0 Å². The Morgan fingerprint density at radius 1 is 1.53 bits per heavy atom. The maximum Gasteiger partial charge on any atom is 0.239 e. The molecule has 1 fully saturated rings. The molecule has 5 heteroatoms. The lowest BCUT2D eigenvalue weighted by molar-refractivity contribution is -0.120. The van der Waals surface area contributed by atoms with E-state index in [0.29, 0.717) is 18.8 Å². The minimum atomic E-state index is -0.892. The summed E-state index contributed by atoms with van der Waals surface area (Å²) in [7, 11) is 0. The highest BCUT2D eigenvalue weighted by Gasteiger charge is 2.22. The van der Waals surface area contributed by atoms with E-state index in [2.05, 4.69) is 5.32 Å². The van der Waals surface area contributed by atoms with Crippen LogP contribution < -0.4 is 10.2 Å². The lowest BCUT2D eigenvalue weighted by Crippen LogP contribution is -2.48. The van der Waals surface area contributed by atoms with Crippen LogP contribution in [-0.2, 0) is 4.79 Å². The average molecular weight is 238 g/mol. The Balaban J connectivity index is 2.37. The number of nitrogens with zero attached hydrogens (tertiary/aromatic N) is 1. The predicted octanol–water partition coefficient (Wildman–Crippen LogP) is 0.815. The van der Waals surface area contributed by atoms with Gasteiger partial charge in [0.1, 0.15) is 5.82 Å². The monoisotopic (exact) mass is 238 g/mol. The normalized spacial score (nSPS) is 17.8. The van der Waals surface area contributed by atoms with Crippen molar-refractivity contribution in [3.05, 3.63) is 29.6 Å². The van der Waals surface area contributed by atoms with Crippen LogP contribution in [0.25, 0.3) is 0 Å². The van der Waals surface area contributed by atoms with Gasteiger partial charge in [-0.25, -0.2) is 4.39 Å². The molecule has 0 radical (unpaired) electrons. The fourth-order valence-electron chi connectivity index (χ4n) is 2.06. The summed E-state index contributed by atoms with van der Waals surface area (Å²) in [6.45, 7) is 2.87. The molecule has 1 aliphatic heterocycles. The Bertz CT molecular complexity index is 435. The van der Waals surface area contributed by atoms with Crippen LogP contribution in [0.1, 0.15) is 18.6 Å². The van der Waals surface area contributed by atoms with E-state index in [1.165, 1.54) is 13.0 Å². The Hall–Kier alpha value is -1.62. The molecule has 17 heavy (non-hydrogen) atoms. The van der Waals surface area contributed by atoms with Gasteiger partial charge in [-0.3, -0.25) is 4.79 Å². The van der Waals surface area contributed by atoms with E-state index in [-0.39, 0.29) is 18.0 Å². The smallest absolute Gasteiger partial charge is 0.239 e. The molecule has 1 aromatic rings. The minimum Gasteiger partial charge on any atom is -0.389 e. The second-order valence-electron chi connectivity index (χ2n) is 4.12. The first-order chi connectivity index (χ1) is 8.09. The highest BCUT2D eigenvalue weighted by atomic mass is 19.1. The number of halogens is 1. The van der Waals surface area contributed by atoms with Crippen LogP contribution in [0.2, 0.25) is 0 Å². The van der Waals surface area contributed by atoms with Crippen molar-refractivity contribution in [1.82, 2.24) is 5.32 Å². The molecule has 1 amide bonds. The summed E-state index contributed by atoms with van der Waals surface area (Å²) in [5.74, 6) is -0.527. The zero-order valence-electron chi connectivity index (χ0n) is 9.61. The van der Waals surface area contributed by atoms with Crippen molar-refractivity contribution in [2.45, 2.75) is 13.0 Å². The maximum absolute atomic E-state index is 13.7. The molecule has 92 valence electrons. The van der Waals surface area contributed by atoms with E-state index in [0.717, 1.165) is 0 Å². The topological polar surface area (TPSA) is 52.6 Å². The third-order valence-corrected chi connectivity index (χ3v) is 2.83. The number of carbonyl (C=O) groups excluding carboxylic acids is 1. The fourth-order valence-corrected chi connectivity index (χ4v) is 2.06. The Morgan fingerprint density at radius 3 is 2.94 bits per heavy atom. The molecule has 4 nitrogen and oxygen atoms in total. The van der Waals surface area contributed by atoms with Crippen LogP contribution >= 0.6 is 0 Å². The molecule has 1 heterocycles. The van der Waals surface area contributed by atoms with Gasteiger partial charge in [0, 0.05) is 24.3 Å².